The number of esters is 1. The summed E-state index contributed by atoms with van der Waals surface area (Å²) in [5.41, 5.74) is 0.154. The Labute approximate surface area is 191 Å². The lowest BCUT2D eigenvalue weighted by atomic mass is 9.94. The Balaban J connectivity index is 1.98. The minimum Gasteiger partial charge on any atom is -0.479 e. The van der Waals surface area contributed by atoms with Crippen molar-refractivity contribution >= 4 is 17.8 Å². The van der Waals surface area contributed by atoms with E-state index in [0.29, 0.717) is 0 Å². The Morgan fingerprint density at radius 3 is 2.58 bits per heavy atom. The molecule has 6 unspecified atom stereocenters. The van der Waals surface area contributed by atoms with Crippen molar-refractivity contribution in [3.05, 3.63) is 29.8 Å². The average Bonchev–Trinajstić information content (AvgIpc) is 2.75. The number of amides is 1. The van der Waals surface area contributed by atoms with Gasteiger partial charge in [-0.1, -0.05) is 12.1 Å². The van der Waals surface area contributed by atoms with Gasteiger partial charge in [0.25, 0.3) is 0 Å². The van der Waals surface area contributed by atoms with Gasteiger partial charge in [0.05, 0.1) is 13.7 Å². The minimum absolute atomic E-state index is 0.115. The average molecular weight is 467 g/mol. The van der Waals surface area contributed by atoms with Gasteiger partial charge in [0.15, 0.2) is 11.9 Å². The van der Waals surface area contributed by atoms with E-state index in [1.807, 2.05) is 0 Å². The normalized spacial score (nSPS) is 29.3. The second kappa shape index (κ2) is 10.0. The molecule has 2 aliphatic rings. The minimum atomic E-state index is -1.21. The van der Waals surface area contributed by atoms with Gasteiger partial charge in [-0.3, -0.25) is 4.79 Å². The topological polar surface area (TPSA) is 139 Å². The van der Waals surface area contributed by atoms with Gasteiger partial charge in [0.1, 0.15) is 35.7 Å². The van der Waals surface area contributed by atoms with Gasteiger partial charge in [-0.05, 0) is 32.9 Å². The van der Waals surface area contributed by atoms with Gasteiger partial charge >= 0.3 is 11.9 Å². The Morgan fingerprint density at radius 2 is 1.94 bits per heavy atom. The molecule has 1 amide bonds. The standard InChI is InChI=1S/C22H29NO10/c1-11(19(25)26)30-18-16(23-12(2)24)21(32-15-10-29-22(3,4)33-17(15)18)31-14-9-7-6-8-13(14)20(27)28-5/h6-9,11,15-18,21H,10H2,1-5H3,(H,23,24)(H,25,26). The fourth-order valence-electron chi connectivity index (χ4n) is 3.74. The second-order valence-corrected chi connectivity index (χ2v) is 8.25. The molecule has 1 aromatic rings. The molecular weight excluding hydrogens is 438 g/mol. The lowest BCUT2D eigenvalue weighted by Gasteiger charge is -2.51. The number of carbonyl (C=O) groups excluding carboxylic acids is 2. The Hall–Kier alpha value is -2.73. The monoisotopic (exact) mass is 467 g/mol. The first-order valence-electron chi connectivity index (χ1n) is 10.5. The smallest absolute Gasteiger partial charge is 0.341 e. The molecule has 0 bridgehead atoms. The number of methoxy groups -OCH3 is 1. The van der Waals surface area contributed by atoms with E-state index in [4.69, 9.17) is 28.4 Å². The zero-order valence-corrected chi connectivity index (χ0v) is 19.1. The van der Waals surface area contributed by atoms with Gasteiger partial charge in [-0.15, -0.1) is 0 Å². The molecule has 3 rings (SSSR count). The van der Waals surface area contributed by atoms with E-state index in [-0.39, 0.29) is 17.9 Å². The summed E-state index contributed by atoms with van der Waals surface area (Å²) < 4.78 is 34.5. The lowest BCUT2D eigenvalue weighted by molar-refractivity contribution is -0.366. The molecule has 0 radical (unpaired) electrons. The van der Waals surface area contributed by atoms with Crippen molar-refractivity contribution in [2.45, 2.75) is 70.2 Å². The number of benzene rings is 1. The molecule has 2 fully saturated rings. The van der Waals surface area contributed by atoms with Crippen molar-refractivity contribution in [1.29, 1.82) is 0 Å². The fraction of sp³-hybridized carbons (Fsp3) is 0.591. The molecular formula is C22H29NO10. The summed E-state index contributed by atoms with van der Waals surface area (Å²) in [5.74, 6) is -3.04. The maximum atomic E-state index is 12.2. The van der Waals surface area contributed by atoms with Crippen molar-refractivity contribution in [1.82, 2.24) is 5.32 Å². The quantitative estimate of drug-likeness (QED) is 0.560. The Bertz CT molecular complexity index is 888. The van der Waals surface area contributed by atoms with Crippen LogP contribution >= 0.6 is 0 Å². The summed E-state index contributed by atoms with van der Waals surface area (Å²) >= 11 is 0. The first-order valence-corrected chi connectivity index (χ1v) is 10.5. The van der Waals surface area contributed by atoms with Crippen LogP contribution in [0.15, 0.2) is 24.3 Å². The summed E-state index contributed by atoms with van der Waals surface area (Å²) in [6, 6.07) is 5.42. The Kier molecular flexibility index (Phi) is 7.58. The highest BCUT2D eigenvalue weighted by Crippen LogP contribution is 2.35. The molecule has 182 valence electrons. The summed E-state index contributed by atoms with van der Waals surface area (Å²) in [4.78, 5) is 35.7. The van der Waals surface area contributed by atoms with Gasteiger partial charge in [0, 0.05) is 6.92 Å². The third-order valence-electron chi connectivity index (χ3n) is 5.28. The molecule has 0 aromatic heterocycles. The van der Waals surface area contributed by atoms with Crippen LogP contribution < -0.4 is 10.1 Å². The van der Waals surface area contributed by atoms with Crippen LogP contribution in [0.4, 0.5) is 0 Å². The summed E-state index contributed by atoms with van der Waals surface area (Å²) in [6.07, 6.45) is -4.77. The number of nitrogens with one attached hydrogen (secondary N) is 1. The number of carboxylic acid groups (broad SMARTS) is 1. The van der Waals surface area contributed by atoms with Gasteiger partial charge < -0.3 is 38.8 Å². The van der Waals surface area contributed by atoms with E-state index >= 15 is 0 Å². The molecule has 2 heterocycles. The predicted octanol–water partition coefficient (Wildman–Crippen LogP) is 1.09. The number of hydrogen-bond donors (Lipinski definition) is 2. The number of aliphatic carboxylic acids is 1. The molecule has 0 aliphatic carbocycles. The first kappa shape index (κ1) is 24.9. The largest absolute Gasteiger partial charge is 0.479 e. The van der Waals surface area contributed by atoms with Gasteiger partial charge in [-0.2, -0.15) is 0 Å². The lowest BCUT2D eigenvalue weighted by Crippen LogP contribution is -2.70. The van der Waals surface area contributed by atoms with Crippen LogP contribution in [0.2, 0.25) is 0 Å². The highest BCUT2D eigenvalue weighted by molar-refractivity contribution is 5.92. The van der Waals surface area contributed by atoms with E-state index in [2.05, 4.69) is 5.32 Å². The molecule has 11 nitrogen and oxygen atoms in total. The fourth-order valence-corrected chi connectivity index (χ4v) is 3.74. The van der Waals surface area contributed by atoms with E-state index in [0.717, 1.165) is 0 Å². The number of para-hydroxylation sites is 1. The van der Waals surface area contributed by atoms with Crippen LogP contribution in [-0.2, 0) is 33.3 Å². The third-order valence-corrected chi connectivity index (χ3v) is 5.28. The molecule has 11 heteroatoms. The number of carboxylic acids is 1. The van der Waals surface area contributed by atoms with Crippen molar-refractivity contribution < 1.29 is 47.9 Å². The molecule has 2 N–H and O–H groups in total. The van der Waals surface area contributed by atoms with E-state index < -0.39 is 60.4 Å². The second-order valence-electron chi connectivity index (χ2n) is 8.25. The highest BCUT2D eigenvalue weighted by Gasteiger charge is 2.54. The first-order chi connectivity index (χ1) is 15.5. The third kappa shape index (κ3) is 5.80. The summed E-state index contributed by atoms with van der Waals surface area (Å²) in [6.45, 7) is 6.22. The van der Waals surface area contributed by atoms with Crippen LogP contribution in [0.3, 0.4) is 0 Å². The Morgan fingerprint density at radius 1 is 1.24 bits per heavy atom. The summed E-state index contributed by atoms with van der Waals surface area (Å²) in [7, 11) is 1.25. The zero-order chi connectivity index (χ0) is 24.3. The SMILES string of the molecule is COC(=O)c1ccccc1OC1OC2COC(C)(C)OC2C(OC(C)C(=O)O)C1NC(C)=O. The summed E-state index contributed by atoms with van der Waals surface area (Å²) in [5, 5.41) is 12.1. The molecule has 6 atom stereocenters. The van der Waals surface area contributed by atoms with Crippen LogP contribution in [0.25, 0.3) is 0 Å². The van der Waals surface area contributed by atoms with Gasteiger partial charge in [-0.25, -0.2) is 9.59 Å². The number of fused-ring (bicyclic) bond motifs is 1. The van der Waals surface area contributed by atoms with Crippen LogP contribution in [0, 0.1) is 0 Å². The van der Waals surface area contributed by atoms with Crippen LogP contribution in [0.5, 0.6) is 5.75 Å². The van der Waals surface area contributed by atoms with Gasteiger partial charge in [0.2, 0.25) is 12.2 Å². The van der Waals surface area contributed by atoms with E-state index in [1.54, 1.807) is 32.0 Å². The van der Waals surface area contributed by atoms with Crippen molar-refractivity contribution in [3.8, 4) is 5.75 Å². The molecule has 1 aromatic carbocycles. The number of hydrogen-bond acceptors (Lipinski definition) is 9. The van der Waals surface area contributed by atoms with E-state index in [9.17, 15) is 19.5 Å². The molecule has 0 saturated carbocycles. The molecule has 2 saturated heterocycles. The van der Waals surface area contributed by atoms with Crippen LogP contribution in [-0.4, -0.2) is 79.2 Å². The van der Waals surface area contributed by atoms with Crippen molar-refractivity contribution in [3.63, 3.8) is 0 Å². The zero-order valence-electron chi connectivity index (χ0n) is 19.1. The number of carbonyl (C=O) groups is 3. The predicted molar refractivity (Wildman–Crippen MR) is 112 cm³/mol. The molecule has 0 spiro atoms. The van der Waals surface area contributed by atoms with Crippen molar-refractivity contribution in [2.75, 3.05) is 13.7 Å². The highest BCUT2D eigenvalue weighted by atomic mass is 16.8. The van der Waals surface area contributed by atoms with Crippen LogP contribution in [0.1, 0.15) is 38.1 Å². The van der Waals surface area contributed by atoms with E-state index in [1.165, 1.54) is 27.0 Å². The number of rotatable bonds is 7. The molecule has 33 heavy (non-hydrogen) atoms. The molecule has 2 aliphatic heterocycles. The van der Waals surface area contributed by atoms with Crippen molar-refractivity contribution in [2.24, 2.45) is 0 Å². The maximum Gasteiger partial charge on any atom is 0.341 e. The maximum absolute atomic E-state index is 12.2. The number of ether oxygens (including phenoxy) is 6.